The van der Waals surface area contributed by atoms with Gasteiger partial charge in [-0.05, 0) is 19.3 Å². The van der Waals surface area contributed by atoms with Crippen LogP contribution in [0.3, 0.4) is 0 Å². The molecule has 0 aliphatic heterocycles. The van der Waals surface area contributed by atoms with Gasteiger partial charge in [-0.15, -0.1) is 0 Å². The van der Waals surface area contributed by atoms with Gasteiger partial charge < -0.3 is 0 Å². The van der Waals surface area contributed by atoms with Gasteiger partial charge in [-0.1, -0.05) is 48.9 Å². The highest BCUT2D eigenvalue weighted by Gasteiger charge is 2.37. The molecule has 1 aromatic heterocycles. The van der Waals surface area contributed by atoms with Crippen molar-refractivity contribution >= 4 is 11.6 Å². The molecule has 2 unspecified atom stereocenters. The SMILES string of the molecule is Cc1c(Cl)nc(C2CC2C)nc1-c1ccccc1. The maximum absolute atomic E-state index is 6.24. The van der Waals surface area contributed by atoms with Gasteiger partial charge in [0.1, 0.15) is 11.0 Å². The van der Waals surface area contributed by atoms with Crippen LogP contribution in [0.5, 0.6) is 0 Å². The standard InChI is InChI=1S/C15H15ClN2/c1-9-8-12(9)15-17-13(10(2)14(16)18-15)11-6-4-3-5-7-11/h3-7,9,12H,8H2,1-2H3. The van der Waals surface area contributed by atoms with Crippen LogP contribution in [-0.4, -0.2) is 9.97 Å². The predicted octanol–water partition coefficient (Wildman–Crippen LogP) is 4.23. The monoisotopic (exact) mass is 258 g/mol. The highest BCUT2D eigenvalue weighted by Crippen LogP contribution is 2.46. The minimum atomic E-state index is 0.491. The fourth-order valence-corrected chi connectivity index (χ4v) is 2.41. The van der Waals surface area contributed by atoms with Crippen LogP contribution in [0.25, 0.3) is 11.3 Å². The van der Waals surface area contributed by atoms with Gasteiger partial charge in [0, 0.05) is 17.0 Å². The number of hydrogen-bond acceptors (Lipinski definition) is 2. The van der Waals surface area contributed by atoms with E-state index in [9.17, 15) is 0 Å². The molecule has 0 amide bonds. The lowest BCUT2D eigenvalue weighted by Crippen LogP contribution is -2.00. The van der Waals surface area contributed by atoms with Gasteiger partial charge in [0.15, 0.2) is 0 Å². The summed E-state index contributed by atoms with van der Waals surface area (Å²) in [6, 6.07) is 10.2. The molecule has 3 heteroatoms. The van der Waals surface area contributed by atoms with Crippen LogP contribution in [0.2, 0.25) is 5.15 Å². The van der Waals surface area contributed by atoms with Crippen LogP contribution < -0.4 is 0 Å². The second-order valence-corrected chi connectivity index (χ2v) is 5.39. The van der Waals surface area contributed by atoms with Gasteiger partial charge in [0.25, 0.3) is 0 Å². The van der Waals surface area contributed by atoms with Gasteiger partial charge in [0.2, 0.25) is 0 Å². The highest BCUT2D eigenvalue weighted by atomic mass is 35.5. The van der Waals surface area contributed by atoms with Gasteiger partial charge in [-0.3, -0.25) is 0 Å². The summed E-state index contributed by atoms with van der Waals surface area (Å²) in [7, 11) is 0. The van der Waals surface area contributed by atoms with E-state index in [1.54, 1.807) is 0 Å². The van der Waals surface area contributed by atoms with Crippen molar-refractivity contribution in [3.8, 4) is 11.3 Å². The Morgan fingerprint density at radius 3 is 2.44 bits per heavy atom. The van der Waals surface area contributed by atoms with Gasteiger partial charge in [-0.2, -0.15) is 0 Å². The van der Waals surface area contributed by atoms with E-state index in [0.29, 0.717) is 17.0 Å². The zero-order valence-electron chi connectivity index (χ0n) is 10.5. The summed E-state index contributed by atoms with van der Waals surface area (Å²) in [6.45, 7) is 4.20. The third kappa shape index (κ3) is 2.01. The van der Waals surface area contributed by atoms with Crippen molar-refractivity contribution < 1.29 is 0 Å². The summed E-state index contributed by atoms with van der Waals surface area (Å²) in [5, 5.41) is 0.581. The molecule has 3 rings (SSSR count). The Hall–Kier alpha value is -1.41. The molecule has 2 aromatic rings. The molecule has 1 heterocycles. The first-order valence-corrected chi connectivity index (χ1v) is 6.64. The Kier molecular flexibility index (Phi) is 2.83. The van der Waals surface area contributed by atoms with Crippen LogP contribution in [-0.2, 0) is 0 Å². The summed E-state index contributed by atoms with van der Waals surface area (Å²) >= 11 is 6.24. The molecule has 0 spiro atoms. The topological polar surface area (TPSA) is 25.8 Å². The van der Waals surface area contributed by atoms with Gasteiger partial charge in [0.05, 0.1) is 5.69 Å². The molecule has 18 heavy (non-hydrogen) atoms. The molecule has 92 valence electrons. The van der Waals surface area contributed by atoms with Gasteiger partial charge in [-0.25, -0.2) is 9.97 Å². The zero-order valence-corrected chi connectivity index (χ0v) is 11.3. The molecule has 2 atom stereocenters. The van der Waals surface area contributed by atoms with E-state index in [1.807, 2.05) is 25.1 Å². The average Bonchev–Trinajstić information content (AvgIpc) is 3.11. The largest absolute Gasteiger partial charge is 0.232 e. The molecule has 2 nitrogen and oxygen atoms in total. The summed E-state index contributed by atoms with van der Waals surface area (Å²) in [4.78, 5) is 9.15. The third-order valence-corrected chi connectivity index (χ3v) is 3.96. The molecular weight excluding hydrogens is 244 g/mol. The molecule has 0 bridgehead atoms. The first-order valence-electron chi connectivity index (χ1n) is 6.26. The normalized spacial score (nSPS) is 21.9. The van der Waals surface area contributed by atoms with Crippen molar-refractivity contribution in [3.05, 3.63) is 46.9 Å². The van der Waals surface area contributed by atoms with E-state index in [1.165, 1.54) is 6.42 Å². The Bertz CT molecular complexity index is 581. The minimum absolute atomic E-state index is 0.491. The van der Waals surface area contributed by atoms with E-state index in [-0.39, 0.29) is 0 Å². The van der Waals surface area contributed by atoms with E-state index in [2.05, 4.69) is 24.0 Å². The zero-order chi connectivity index (χ0) is 12.7. The fourth-order valence-electron chi connectivity index (χ4n) is 2.23. The van der Waals surface area contributed by atoms with E-state index in [0.717, 1.165) is 22.6 Å². The van der Waals surface area contributed by atoms with Crippen LogP contribution >= 0.6 is 11.6 Å². The second kappa shape index (κ2) is 4.36. The Balaban J connectivity index is 2.11. The van der Waals surface area contributed by atoms with Gasteiger partial charge >= 0.3 is 0 Å². The predicted molar refractivity (Wildman–Crippen MR) is 73.7 cm³/mol. The molecular formula is C15H15ClN2. The van der Waals surface area contributed by atoms with Crippen molar-refractivity contribution in [2.45, 2.75) is 26.2 Å². The Labute approximate surface area is 112 Å². The molecule has 1 aliphatic carbocycles. The van der Waals surface area contributed by atoms with Crippen molar-refractivity contribution in [1.29, 1.82) is 0 Å². The molecule has 1 aromatic carbocycles. The molecule has 1 aliphatic rings. The maximum Gasteiger partial charge on any atom is 0.136 e. The van der Waals surface area contributed by atoms with E-state index in [4.69, 9.17) is 16.6 Å². The molecule has 0 N–H and O–H groups in total. The first-order chi connectivity index (χ1) is 8.66. The maximum atomic E-state index is 6.24. The lowest BCUT2D eigenvalue weighted by Gasteiger charge is -2.09. The number of hydrogen-bond donors (Lipinski definition) is 0. The fraction of sp³-hybridized carbons (Fsp3) is 0.333. The lowest BCUT2D eigenvalue weighted by molar-refractivity contribution is 0.841. The Morgan fingerprint density at radius 2 is 1.83 bits per heavy atom. The molecule has 0 saturated heterocycles. The van der Waals surface area contributed by atoms with Crippen molar-refractivity contribution in [2.24, 2.45) is 5.92 Å². The Morgan fingerprint density at radius 1 is 1.17 bits per heavy atom. The van der Waals surface area contributed by atoms with Crippen LogP contribution in [0.15, 0.2) is 30.3 Å². The molecule has 1 saturated carbocycles. The number of halogens is 1. The summed E-state index contributed by atoms with van der Waals surface area (Å²) in [5.74, 6) is 2.08. The third-order valence-electron chi connectivity index (χ3n) is 3.59. The van der Waals surface area contributed by atoms with Crippen molar-refractivity contribution in [2.75, 3.05) is 0 Å². The smallest absolute Gasteiger partial charge is 0.136 e. The van der Waals surface area contributed by atoms with Crippen LogP contribution in [0, 0.1) is 12.8 Å². The van der Waals surface area contributed by atoms with E-state index >= 15 is 0 Å². The number of benzene rings is 1. The highest BCUT2D eigenvalue weighted by molar-refractivity contribution is 6.30. The summed E-state index contributed by atoms with van der Waals surface area (Å²) in [5.41, 5.74) is 3.03. The van der Waals surface area contributed by atoms with Crippen molar-refractivity contribution in [3.63, 3.8) is 0 Å². The number of aromatic nitrogens is 2. The second-order valence-electron chi connectivity index (χ2n) is 5.03. The minimum Gasteiger partial charge on any atom is -0.232 e. The molecule has 0 radical (unpaired) electrons. The van der Waals surface area contributed by atoms with E-state index < -0.39 is 0 Å². The summed E-state index contributed by atoms with van der Waals surface area (Å²) in [6.07, 6.45) is 1.17. The number of nitrogens with zero attached hydrogens (tertiary/aromatic N) is 2. The quantitative estimate of drug-likeness (QED) is 0.754. The number of rotatable bonds is 2. The summed E-state index contributed by atoms with van der Waals surface area (Å²) < 4.78 is 0. The lowest BCUT2D eigenvalue weighted by atomic mass is 10.1. The van der Waals surface area contributed by atoms with Crippen molar-refractivity contribution in [1.82, 2.24) is 9.97 Å². The van der Waals surface area contributed by atoms with Crippen LogP contribution in [0.1, 0.15) is 30.7 Å². The van der Waals surface area contributed by atoms with Crippen LogP contribution in [0.4, 0.5) is 0 Å². The first kappa shape index (κ1) is 11.7. The molecule has 1 fully saturated rings. The average molecular weight is 259 g/mol.